The smallest absolute Gasteiger partial charge is 0.246 e. The van der Waals surface area contributed by atoms with Gasteiger partial charge in [-0.3, -0.25) is 4.79 Å². The number of aliphatic hydroxyl groups excluding tert-OH is 1. The molecule has 7 heteroatoms. The molecule has 0 bridgehead atoms. The summed E-state index contributed by atoms with van der Waals surface area (Å²) in [5.41, 5.74) is 3.24. The molecule has 0 saturated carbocycles. The number of aliphatic hydroxyl groups is 1. The van der Waals surface area contributed by atoms with Gasteiger partial charge in [0.1, 0.15) is 11.6 Å². The molecule has 3 aliphatic rings. The van der Waals surface area contributed by atoms with Gasteiger partial charge in [0.25, 0.3) is 0 Å². The van der Waals surface area contributed by atoms with Gasteiger partial charge >= 0.3 is 0 Å². The first-order valence-corrected chi connectivity index (χ1v) is 12.6. The number of rotatable bonds is 5. The highest BCUT2D eigenvalue weighted by atomic mass is 19.1. The third-order valence-electron chi connectivity index (χ3n) is 8.07. The summed E-state index contributed by atoms with van der Waals surface area (Å²) in [5, 5.41) is 14.5. The number of hydrogen-bond acceptors (Lipinski definition) is 4. The normalized spacial score (nSPS) is 21.3. The van der Waals surface area contributed by atoms with Crippen LogP contribution in [0.1, 0.15) is 36.8 Å². The number of nitrogens with zero attached hydrogens (tertiary/aromatic N) is 2. The average Bonchev–Trinajstić information content (AvgIpc) is 3.22. The molecule has 2 aromatic carbocycles. The van der Waals surface area contributed by atoms with Crippen LogP contribution in [0.2, 0.25) is 0 Å². The summed E-state index contributed by atoms with van der Waals surface area (Å²) in [6.07, 6.45) is 6.10. The quantitative estimate of drug-likeness (QED) is 0.633. The number of likely N-dealkylation sites (tertiary alicyclic amines) is 2. The van der Waals surface area contributed by atoms with E-state index in [1.807, 2.05) is 0 Å². The Balaban J connectivity index is 1.08. The maximum Gasteiger partial charge on any atom is 0.246 e. The summed E-state index contributed by atoms with van der Waals surface area (Å²) in [6, 6.07) is 11.8. The number of benzene rings is 2. The predicted octanol–water partition coefficient (Wildman–Crippen LogP) is 4.04. The average molecular weight is 482 g/mol. The maximum absolute atomic E-state index is 13.3. The van der Waals surface area contributed by atoms with E-state index in [-0.39, 0.29) is 17.2 Å². The number of carbonyl (C=O) groups is 1. The first-order valence-electron chi connectivity index (χ1n) is 12.6. The number of carbonyl (C=O) groups excluding carboxylic acids is 1. The number of halogens is 2. The number of amides is 1. The van der Waals surface area contributed by atoms with Crippen LogP contribution in [-0.2, 0) is 10.2 Å². The van der Waals surface area contributed by atoms with E-state index in [0.29, 0.717) is 25.2 Å². The monoisotopic (exact) mass is 481 g/mol. The van der Waals surface area contributed by atoms with E-state index in [1.165, 1.54) is 35.5 Å². The van der Waals surface area contributed by atoms with E-state index in [4.69, 9.17) is 0 Å². The van der Waals surface area contributed by atoms with Gasteiger partial charge in [-0.1, -0.05) is 18.2 Å². The van der Waals surface area contributed by atoms with E-state index >= 15 is 0 Å². The molecule has 1 unspecified atom stereocenters. The molecule has 35 heavy (non-hydrogen) atoms. The zero-order valence-electron chi connectivity index (χ0n) is 19.9. The molecule has 186 valence electrons. The van der Waals surface area contributed by atoms with Gasteiger partial charge in [0.05, 0.1) is 6.10 Å². The number of hydrogen-bond donors (Lipinski definition) is 2. The molecule has 0 radical (unpaired) electrons. The molecule has 1 amide bonds. The fraction of sp³-hybridized carbons (Fsp3) is 0.464. The van der Waals surface area contributed by atoms with Crippen LogP contribution in [0, 0.1) is 17.6 Å². The summed E-state index contributed by atoms with van der Waals surface area (Å²) in [4.78, 5) is 16.6. The lowest BCUT2D eigenvalue weighted by Gasteiger charge is -2.41. The number of para-hydroxylation sites is 1. The van der Waals surface area contributed by atoms with Gasteiger partial charge in [-0.15, -0.1) is 0 Å². The molecule has 2 fully saturated rings. The Morgan fingerprint density at radius 2 is 1.77 bits per heavy atom. The number of fused-ring (bicyclic) bond motifs is 2. The van der Waals surface area contributed by atoms with Crippen molar-refractivity contribution in [1.29, 1.82) is 0 Å². The van der Waals surface area contributed by atoms with Gasteiger partial charge in [0.2, 0.25) is 5.91 Å². The van der Waals surface area contributed by atoms with Gasteiger partial charge in [0, 0.05) is 49.4 Å². The molecule has 2 saturated heterocycles. The summed E-state index contributed by atoms with van der Waals surface area (Å²) >= 11 is 0. The van der Waals surface area contributed by atoms with Crippen LogP contribution in [0.15, 0.2) is 48.5 Å². The fourth-order valence-corrected chi connectivity index (χ4v) is 5.93. The van der Waals surface area contributed by atoms with E-state index in [0.717, 1.165) is 51.4 Å². The van der Waals surface area contributed by atoms with Gasteiger partial charge in [0.15, 0.2) is 0 Å². The molecule has 3 heterocycles. The minimum atomic E-state index is -0.666. The van der Waals surface area contributed by atoms with E-state index in [2.05, 4.69) is 34.5 Å². The molecule has 1 atom stereocenters. The second-order valence-corrected chi connectivity index (χ2v) is 10.2. The first-order chi connectivity index (χ1) is 16.9. The summed E-state index contributed by atoms with van der Waals surface area (Å²) in [6.45, 7) is 4.79. The summed E-state index contributed by atoms with van der Waals surface area (Å²) in [7, 11) is 0. The lowest BCUT2D eigenvalue weighted by molar-refractivity contribution is -0.128. The van der Waals surface area contributed by atoms with Gasteiger partial charge in [-0.25, -0.2) is 8.78 Å². The van der Waals surface area contributed by atoms with Crippen molar-refractivity contribution in [3.05, 3.63) is 71.3 Å². The molecule has 1 spiro atoms. The molecule has 5 nitrogen and oxygen atoms in total. The van der Waals surface area contributed by atoms with Crippen LogP contribution in [0.4, 0.5) is 14.5 Å². The van der Waals surface area contributed by atoms with Crippen LogP contribution < -0.4 is 5.32 Å². The van der Waals surface area contributed by atoms with Gasteiger partial charge in [-0.2, -0.15) is 0 Å². The highest BCUT2D eigenvalue weighted by Crippen LogP contribution is 2.43. The Bertz CT molecular complexity index is 1070. The van der Waals surface area contributed by atoms with Crippen molar-refractivity contribution in [2.45, 2.75) is 37.2 Å². The van der Waals surface area contributed by atoms with Crippen molar-refractivity contribution in [2.75, 3.05) is 44.6 Å². The largest absolute Gasteiger partial charge is 0.392 e. The third-order valence-corrected chi connectivity index (χ3v) is 8.07. The van der Waals surface area contributed by atoms with E-state index < -0.39 is 17.7 Å². The maximum atomic E-state index is 13.3. The Morgan fingerprint density at radius 1 is 1.09 bits per heavy atom. The van der Waals surface area contributed by atoms with Crippen LogP contribution in [0.5, 0.6) is 0 Å². The highest BCUT2D eigenvalue weighted by Gasteiger charge is 2.41. The second kappa shape index (κ2) is 10.1. The lowest BCUT2D eigenvalue weighted by Crippen LogP contribution is -2.48. The summed E-state index contributed by atoms with van der Waals surface area (Å²) in [5.74, 6) is -1.33. The Kier molecular flexibility index (Phi) is 6.89. The minimum Gasteiger partial charge on any atom is -0.392 e. The SMILES string of the molecule is O=C(C=Cc1cc(F)cc(F)c1)N1CCC(C(O)CN2CCC3(CC2)CNc2ccccc23)CC1. The molecule has 3 aliphatic heterocycles. The fourth-order valence-electron chi connectivity index (χ4n) is 5.93. The van der Waals surface area contributed by atoms with Crippen molar-refractivity contribution < 1.29 is 18.7 Å². The van der Waals surface area contributed by atoms with Gasteiger partial charge < -0.3 is 20.2 Å². The molecule has 0 aromatic heterocycles. The molecule has 0 aliphatic carbocycles. The van der Waals surface area contributed by atoms with Gasteiger partial charge in [-0.05, 0) is 80.1 Å². The topological polar surface area (TPSA) is 55.8 Å². The third kappa shape index (κ3) is 5.26. The van der Waals surface area contributed by atoms with E-state index in [9.17, 15) is 18.7 Å². The minimum absolute atomic E-state index is 0.171. The number of anilines is 1. The first kappa shape index (κ1) is 23.9. The van der Waals surface area contributed by atoms with Crippen LogP contribution in [-0.4, -0.2) is 66.2 Å². The van der Waals surface area contributed by atoms with Crippen LogP contribution in [0.3, 0.4) is 0 Å². The van der Waals surface area contributed by atoms with Crippen molar-refractivity contribution in [3.8, 4) is 0 Å². The summed E-state index contributed by atoms with van der Waals surface area (Å²) < 4.78 is 26.7. The van der Waals surface area contributed by atoms with E-state index in [1.54, 1.807) is 4.90 Å². The molecular weight excluding hydrogens is 448 g/mol. The Labute approximate surface area is 205 Å². The molecule has 5 rings (SSSR count). The van der Waals surface area contributed by atoms with Crippen molar-refractivity contribution in [3.63, 3.8) is 0 Å². The predicted molar refractivity (Wildman–Crippen MR) is 133 cm³/mol. The zero-order chi connectivity index (χ0) is 24.4. The highest BCUT2D eigenvalue weighted by molar-refractivity contribution is 5.91. The Morgan fingerprint density at radius 3 is 2.49 bits per heavy atom. The zero-order valence-corrected chi connectivity index (χ0v) is 19.9. The number of nitrogens with one attached hydrogen (secondary N) is 1. The standard InChI is InChI=1S/C28H33F2N3O2/c29-22-15-20(16-23(30)17-22)5-6-27(35)33-11-7-21(8-12-33)26(34)18-32-13-9-28(10-14-32)19-31-25-4-2-1-3-24(25)28/h1-6,15-17,21,26,31,34H,7-14,18-19H2. The second-order valence-electron chi connectivity index (χ2n) is 10.2. The van der Waals surface area contributed by atoms with Crippen molar-refractivity contribution in [2.24, 2.45) is 5.92 Å². The van der Waals surface area contributed by atoms with Crippen LogP contribution in [0.25, 0.3) is 6.08 Å². The molecule has 2 aromatic rings. The number of β-amino-alcohol motifs (C(OH)–C–C–N with tert-alkyl or cyclic N) is 1. The van der Waals surface area contributed by atoms with Crippen molar-refractivity contribution >= 4 is 17.7 Å². The molecule has 2 N–H and O–H groups in total. The molecular formula is C28H33F2N3O2. The number of piperidine rings is 2. The Hall–Kier alpha value is -2.77. The lowest BCUT2D eigenvalue weighted by atomic mass is 9.74. The van der Waals surface area contributed by atoms with Crippen molar-refractivity contribution in [1.82, 2.24) is 9.80 Å². The van der Waals surface area contributed by atoms with Crippen LogP contribution >= 0.6 is 0 Å².